The Kier molecular flexibility index (Phi) is 3.10. The number of benzene rings is 1. The molecule has 0 aliphatic carbocycles. The molecule has 2 aromatic heterocycles. The van der Waals surface area contributed by atoms with E-state index in [2.05, 4.69) is 31.2 Å². The number of amides is 1. The summed E-state index contributed by atoms with van der Waals surface area (Å²) in [6.07, 6.45) is 1.84. The molecule has 20 heavy (non-hydrogen) atoms. The van der Waals surface area contributed by atoms with Crippen molar-refractivity contribution in [2.75, 3.05) is 5.32 Å². The van der Waals surface area contributed by atoms with Crippen molar-refractivity contribution in [2.24, 2.45) is 7.05 Å². The summed E-state index contributed by atoms with van der Waals surface area (Å²) in [5.41, 5.74) is 3.14. The molecule has 0 bridgehead atoms. The zero-order valence-electron chi connectivity index (χ0n) is 11.1. The maximum atomic E-state index is 12.2. The average molecular weight is 333 g/mol. The molecule has 0 aliphatic rings. The average Bonchev–Trinajstić information content (AvgIpc) is 2.90. The lowest BCUT2D eigenvalue weighted by molar-refractivity contribution is 0.101. The van der Waals surface area contributed by atoms with Gasteiger partial charge in [0.1, 0.15) is 11.5 Å². The van der Waals surface area contributed by atoms with Gasteiger partial charge in [0, 0.05) is 23.4 Å². The van der Waals surface area contributed by atoms with Crippen LogP contribution in [0.5, 0.6) is 0 Å². The summed E-state index contributed by atoms with van der Waals surface area (Å²) in [4.78, 5) is 19.7. The number of aromatic amines is 1. The lowest BCUT2D eigenvalue weighted by Gasteiger charge is -2.05. The molecule has 0 unspecified atom stereocenters. The lowest BCUT2D eigenvalue weighted by atomic mass is 10.2. The number of carbonyl (C=O) groups is 1. The van der Waals surface area contributed by atoms with Crippen LogP contribution in [0.15, 0.2) is 34.9 Å². The van der Waals surface area contributed by atoms with Crippen LogP contribution in [0.1, 0.15) is 16.3 Å². The van der Waals surface area contributed by atoms with Gasteiger partial charge in [0.15, 0.2) is 0 Å². The highest BCUT2D eigenvalue weighted by atomic mass is 79.9. The van der Waals surface area contributed by atoms with Crippen molar-refractivity contribution in [3.05, 3.63) is 46.5 Å². The minimum absolute atomic E-state index is 0.145. The predicted molar refractivity (Wildman–Crippen MR) is 81.9 cm³/mol. The van der Waals surface area contributed by atoms with E-state index in [1.807, 2.05) is 38.4 Å². The van der Waals surface area contributed by atoms with Gasteiger partial charge in [-0.15, -0.1) is 0 Å². The number of hydrogen-bond donors (Lipinski definition) is 2. The SMILES string of the molecule is Cc1nc2ccc(NC(=O)c3cc(Br)cn3C)cc2[nH]1. The van der Waals surface area contributed by atoms with Crippen molar-refractivity contribution in [2.45, 2.75) is 6.92 Å². The Hall–Kier alpha value is -2.08. The summed E-state index contributed by atoms with van der Waals surface area (Å²) < 4.78 is 2.66. The van der Waals surface area contributed by atoms with Gasteiger partial charge in [-0.3, -0.25) is 4.79 Å². The van der Waals surface area contributed by atoms with Crippen LogP contribution in [0.25, 0.3) is 11.0 Å². The van der Waals surface area contributed by atoms with Crippen LogP contribution in [-0.2, 0) is 7.05 Å². The monoisotopic (exact) mass is 332 g/mol. The zero-order valence-corrected chi connectivity index (χ0v) is 12.7. The highest BCUT2D eigenvalue weighted by molar-refractivity contribution is 9.10. The van der Waals surface area contributed by atoms with E-state index in [9.17, 15) is 4.79 Å². The van der Waals surface area contributed by atoms with Crippen LogP contribution < -0.4 is 5.32 Å². The first-order valence-electron chi connectivity index (χ1n) is 6.12. The number of nitrogens with one attached hydrogen (secondary N) is 2. The topological polar surface area (TPSA) is 62.7 Å². The van der Waals surface area contributed by atoms with Crippen LogP contribution in [0.3, 0.4) is 0 Å². The molecule has 0 spiro atoms. The van der Waals surface area contributed by atoms with Gasteiger partial charge < -0.3 is 14.9 Å². The van der Waals surface area contributed by atoms with Gasteiger partial charge in [0.05, 0.1) is 11.0 Å². The third kappa shape index (κ3) is 2.34. The molecule has 1 aromatic carbocycles. The van der Waals surface area contributed by atoms with Gasteiger partial charge in [-0.05, 0) is 47.1 Å². The summed E-state index contributed by atoms with van der Waals surface area (Å²) >= 11 is 3.36. The minimum Gasteiger partial charge on any atom is -0.345 e. The van der Waals surface area contributed by atoms with Gasteiger partial charge in [-0.1, -0.05) is 0 Å². The fourth-order valence-electron chi connectivity index (χ4n) is 2.16. The molecule has 3 rings (SSSR count). The van der Waals surface area contributed by atoms with E-state index in [1.165, 1.54) is 0 Å². The Morgan fingerprint density at radius 3 is 2.90 bits per heavy atom. The molecule has 0 fully saturated rings. The van der Waals surface area contributed by atoms with Crippen LogP contribution in [0, 0.1) is 6.92 Å². The van der Waals surface area contributed by atoms with Crippen LogP contribution >= 0.6 is 15.9 Å². The normalized spacial score (nSPS) is 10.9. The van der Waals surface area contributed by atoms with Gasteiger partial charge in [0.2, 0.25) is 0 Å². The number of carbonyl (C=O) groups excluding carboxylic acids is 1. The van der Waals surface area contributed by atoms with Crippen molar-refractivity contribution in [3.8, 4) is 0 Å². The Morgan fingerprint density at radius 2 is 2.20 bits per heavy atom. The largest absolute Gasteiger partial charge is 0.345 e. The van der Waals surface area contributed by atoms with E-state index in [-0.39, 0.29) is 5.91 Å². The second-order valence-corrected chi connectivity index (χ2v) is 5.58. The molecule has 0 radical (unpaired) electrons. The van der Waals surface area contributed by atoms with Crippen LogP contribution in [-0.4, -0.2) is 20.4 Å². The highest BCUT2D eigenvalue weighted by Gasteiger charge is 2.11. The summed E-state index contributed by atoms with van der Waals surface area (Å²) in [6.45, 7) is 1.90. The first kappa shape index (κ1) is 12.9. The van der Waals surface area contributed by atoms with E-state index >= 15 is 0 Å². The quantitative estimate of drug-likeness (QED) is 0.756. The Balaban J connectivity index is 1.88. The Morgan fingerprint density at radius 1 is 1.40 bits per heavy atom. The number of nitrogens with zero attached hydrogens (tertiary/aromatic N) is 2. The first-order chi connectivity index (χ1) is 9.52. The molecule has 1 amide bonds. The van der Waals surface area contributed by atoms with E-state index < -0.39 is 0 Å². The summed E-state index contributed by atoms with van der Waals surface area (Å²) in [7, 11) is 1.83. The standard InChI is InChI=1S/C14H13BrN4O/c1-8-16-11-4-3-10(6-12(11)17-8)18-14(20)13-5-9(15)7-19(13)2/h3-7H,1-2H3,(H,16,17)(H,18,20). The van der Waals surface area contributed by atoms with Crippen molar-refractivity contribution < 1.29 is 4.79 Å². The third-order valence-corrected chi connectivity index (χ3v) is 3.50. The molecular formula is C14H13BrN4O. The van der Waals surface area contributed by atoms with Crippen molar-refractivity contribution in [1.82, 2.24) is 14.5 Å². The van der Waals surface area contributed by atoms with Gasteiger partial charge in [0.25, 0.3) is 5.91 Å². The smallest absolute Gasteiger partial charge is 0.272 e. The summed E-state index contributed by atoms with van der Waals surface area (Å²) in [5, 5.41) is 2.89. The molecule has 102 valence electrons. The molecule has 0 atom stereocenters. The first-order valence-corrected chi connectivity index (χ1v) is 6.92. The number of anilines is 1. The number of fused-ring (bicyclic) bond motifs is 1. The molecule has 0 saturated carbocycles. The molecule has 6 heteroatoms. The van der Waals surface area contributed by atoms with E-state index in [0.29, 0.717) is 5.69 Å². The molecular weight excluding hydrogens is 320 g/mol. The number of halogens is 1. The maximum absolute atomic E-state index is 12.2. The second kappa shape index (κ2) is 4.79. The highest BCUT2D eigenvalue weighted by Crippen LogP contribution is 2.19. The number of H-pyrrole nitrogens is 1. The third-order valence-electron chi connectivity index (χ3n) is 3.06. The number of imidazole rings is 1. The van der Waals surface area contributed by atoms with Gasteiger partial charge >= 0.3 is 0 Å². The van der Waals surface area contributed by atoms with E-state index in [0.717, 1.165) is 27.0 Å². The Labute approximate surface area is 124 Å². The molecule has 2 heterocycles. The van der Waals surface area contributed by atoms with Crippen molar-refractivity contribution in [1.29, 1.82) is 0 Å². The molecule has 2 N–H and O–H groups in total. The second-order valence-electron chi connectivity index (χ2n) is 4.66. The lowest BCUT2D eigenvalue weighted by Crippen LogP contribution is -2.15. The molecule has 0 saturated heterocycles. The van der Waals surface area contributed by atoms with Crippen molar-refractivity contribution in [3.63, 3.8) is 0 Å². The van der Waals surface area contributed by atoms with Crippen LogP contribution in [0.4, 0.5) is 5.69 Å². The fraction of sp³-hybridized carbons (Fsp3) is 0.143. The molecule has 3 aromatic rings. The zero-order chi connectivity index (χ0) is 14.3. The maximum Gasteiger partial charge on any atom is 0.272 e. The van der Waals surface area contributed by atoms with Crippen molar-refractivity contribution >= 4 is 38.6 Å². The molecule has 0 aliphatic heterocycles. The van der Waals surface area contributed by atoms with Gasteiger partial charge in [-0.2, -0.15) is 0 Å². The summed E-state index contributed by atoms with van der Waals surface area (Å²) in [5.74, 6) is 0.712. The van der Waals surface area contributed by atoms with Gasteiger partial charge in [-0.25, -0.2) is 4.98 Å². The van der Waals surface area contributed by atoms with Crippen LogP contribution in [0.2, 0.25) is 0 Å². The minimum atomic E-state index is -0.145. The van der Waals surface area contributed by atoms with E-state index in [4.69, 9.17) is 0 Å². The summed E-state index contributed by atoms with van der Waals surface area (Å²) in [6, 6.07) is 7.40. The molecule has 5 nitrogen and oxygen atoms in total. The predicted octanol–water partition coefficient (Wildman–Crippen LogP) is 3.22. The number of aryl methyl sites for hydroxylation is 2. The number of hydrogen-bond acceptors (Lipinski definition) is 2. The van der Waals surface area contributed by atoms with E-state index in [1.54, 1.807) is 10.6 Å². The Bertz CT molecular complexity index is 803. The number of aromatic nitrogens is 3. The number of rotatable bonds is 2. The fourth-order valence-corrected chi connectivity index (χ4v) is 2.68.